The average molecular weight is 421 g/mol. The Labute approximate surface area is 184 Å². The topological polar surface area (TPSA) is 83.4 Å². The van der Waals surface area contributed by atoms with Crippen molar-refractivity contribution in [2.75, 3.05) is 0 Å². The van der Waals surface area contributed by atoms with Crippen molar-refractivity contribution in [3.63, 3.8) is 0 Å². The number of ketones is 1. The van der Waals surface area contributed by atoms with Gasteiger partial charge in [-0.05, 0) is 46.7 Å². The van der Waals surface area contributed by atoms with Crippen LogP contribution in [-0.2, 0) is 16.1 Å². The van der Waals surface area contributed by atoms with E-state index in [1.165, 1.54) is 4.90 Å². The summed E-state index contributed by atoms with van der Waals surface area (Å²) in [5.74, 6) is -1.58. The summed E-state index contributed by atoms with van der Waals surface area (Å²) in [6.07, 6.45) is 4.85. The zero-order chi connectivity index (χ0) is 22.1. The molecule has 4 aromatic rings. The van der Waals surface area contributed by atoms with Crippen molar-refractivity contribution in [3.05, 3.63) is 114 Å². The van der Waals surface area contributed by atoms with Gasteiger partial charge in [0.1, 0.15) is 5.76 Å². The van der Waals surface area contributed by atoms with Gasteiger partial charge in [0.15, 0.2) is 0 Å². The van der Waals surface area contributed by atoms with Crippen LogP contribution in [0.4, 0.5) is 0 Å². The van der Waals surface area contributed by atoms with Gasteiger partial charge in [-0.2, -0.15) is 0 Å². The summed E-state index contributed by atoms with van der Waals surface area (Å²) in [6, 6.07) is 21.4. The van der Waals surface area contributed by atoms with Gasteiger partial charge in [-0.15, -0.1) is 0 Å². The Kier molecular flexibility index (Phi) is 4.95. The Balaban J connectivity index is 1.66. The smallest absolute Gasteiger partial charge is 0.296 e. The zero-order valence-corrected chi connectivity index (χ0v) is 17.1. The van der Waals surface area contributed by atoms with Crippen molar-refractivity contribution in [1.82, 2.24) is 14.9 Å². The second-order valence-corrected chi connectivity index (χ2v) is 7.59. The van der Waals surface area contributed by atoms with Gasteiger partial charge in [-0.3, -0.25) is 19.6 Å². The van der Waals surface area contributed by atoms with Crippen LogP contribution in [-0.4, -0.2) is 31.7 Å². The summed E-state index contributed by atoms with van der Waals surface area (Å²) in [7, 11) is 0. The number of hydrogen-bond donors (Lipinski definition) is 1. The maximum atomic E-state index is 13.1. The number of benzene rings is 2. The fourth-order valence-corrected chi connectivity index (χ4v) is 4.09. The minimum atomic E-state index is -0.744. The first-order valence-electron chi connectivity index (χ1n) is 10.2. The van der Waals surface area contributed by atoms with Crippen molar-refractivity contribution >= 4 is 28.2 Å². The molecule has 6 nitrogen and oxygen atoms in total. The quantitative estimate of drug-likeness (QED) is 0.303. The second-order valence-electron chi connectivity index (χ2n) is 7.59. The number of Topliss-reactive ketones (excluding diaryl/α,β-unsaturated/α-hetero) is 1. The average Bonchev–Trinajstić information content (AvgIpc) is 3.09. The maximum Gasteiger partial charge on any atom is 0.296 e. The molecular weight excluding hydrogens is 402 g/mol. The Morgan fingerprint density at radius 3 is 2.38 bits per heavy atom. The maximum absolute atomic E-state index is 13.1. The van der Waals surface area contributed by atoms with E-state index in [2.05, 4.69) is 9.97 Å². The molecule has 2 aromatic carbocycles. The molecule has 32 heavy (non-hydrogen) atoms. The first-order chi connectivity index (χ1) is 15.6. The van der Waals surface area contributed by atoms with Gasteiger partial charge >= 0.3 is 0 Å². The van der Waals surface area contributed by atoms with E-state index in [-0.39, 0.29) is 17.9 Å². The number of hydrogen-bond acceptors (Lipinski definition) is 5. The third-order valence-corrected chi connectivity index (χ3v) is 5.64. The number of carbonyl (C=O) groups is 2. The van der Waals surface area contributed by atoms with Crippen LogP contribution in [0.2, 0.25) is 0 Å². The van der Waals surface area contributed by atoms with Gasteiger partial charge in [0.2, 0.25) is 0 Å². The van der Waals surface area contributed by atoms with Gasteiger partial charge in [-0.1, -0.05) is 42.5 Å². The Hall–Kier alpha value is -4.32. The van der Waals surface area contributed by atoms with E-state index in [4.69, 9.17) is 0 Å². The molecule has 1 aliphatic rings. The Bertz CT molecular complexity index is 1350. The standard InChI is InChI=1S/C26H19N3O3/c30-24(20-9-8-17-5-1-2-6-19(17)15-20)22-23(18-10-13-27-14-11-18)29(26(32)25(22)31)16-21-7-3-4-12-28-21/h1-15,23,30H,16H2/b24-22-. The number of nitrogens with zero attached hydrogens (tertiary/aromatic N) is 3. The summed E-state index contributed by atoms with van der Waals surface area (Å²) in [4.78, 5) is 36.0. The molecule has 0 radical (unpaired) electrons. The van der Waals surface area contributed by atoms with Gasteiger partial charge in [-0.25, -0.2) is 0 Å². The summed E-state index contributed by atoms with van der Waals surface area (Å²) in [6.45, 7) is 0.146. The van der Waals surface area contributed by atoms with Crippen LogP contribution in [0, 0.1) is 0 Å². The molecule has 1 aliphatic heterocycles. The second kappa shape index (κ2) is 8.07. The lowest BCUT2D eigenvalue weighted by Gasteiger charge is -2.25. The Morgan fingerprint density at radius 1 is 0.875 bits per heavy atom. The van der Waals surface area contributed by atoms with E-state index in [0.717, 1.165) is 10.8 Å². The molecule has 0 bridgehead atoms. The van der Waals surface area contributed by atoms with Crippen LogP contribution in [0.5, 0.6) is 0 Å². The van der Waals surface area contributed by atoms with Crippen LogP contribution >= 0.6 is 0 Å². The van der Waals surface area contributed by atoms with E-state index in [9.17, 15) is 14.7 Å². The molecule has 1 atom stereocenters. The molecule has 5 rings (SSSR count). The normalized spacial score (nSPS) is 17.8. The minimum absolute atomic E-state index is 0.0624. The number of pyridine rings is 2. The fraction of sp³-hybridized carbons (Fsp3) is 0.0769. The number of rotatable bonds is 4. The summed E-state index contributed by atoms with van der Waals surface area (Å²) < 4.78 is 0. The first kappa shape index (κ1) is 19.6. The van der Waals surface area contributed by atoms with Crippen LogP contribution < -0.4 is 0 Å². The minimum Gasteiger partial charge on any atom is -0.507 e. The fourth-order valence-electron chi connectivity index (χ4n) is 4.09. The van der Waals surface area contributed by atoms with E-state index in [1.807, 2.05) is 42.5 Å². The predicted molar refractivity (Wildman–Crippen MR) is 120 cm³/mol. The van der Waals surface area contributed by atoms with Crippen molar-refractivity contribution in [3.8, 4) is 0 Å². The Morgan fingerprint density at radius 2 is 1.62 bits per heavy atom. The van der Waals surface area contributed by atoms with Gasteiger partial charge in [0.25, 0.3) is 11.7 Å². The van der Waals surface area contributed by atoms with Crippen molar-refractivity contribution in [2.45, 2.75) is 12.6 Å². The lowest BCUT2D eigenvalue weighted by Crippen LogP contribution is -2.29. The van der Waals surface area contributed by atoms with Crippen LogP contribution in [0.25, 0.3) is 16.5 Å². The van der Waals surface area contributed by atoms with Crippen molar-refractivity contribution in [2.24, 2.45) is 0 Å². The highest BCUT2D eigenvalue weighted by Crippen LogP contribution is 2.40. The van der Waals surface area contributed by atoms with Crippen molar-refractivity contribution in [1.29, 1.82) is 0 Å². The van der Waals surface area contributed by atoms with Gasteiger partial charge in [0, 0.05) is 24.2 Å². The van der Waals surface area contributed by atoms with Crippen LogP contribution in [0.3, 0.4) is 0 Å². The van der Waals surface area contributed by atoms with Gasteiger partial charge in [0.05, 0.1) is 23.9 Å². The van der Waals surface area contributed by atoms with Crippen LogP contribution in [0.15, 0.2) is 97.0 Å². The molecule has 156 valence electrons. The third kappa shape index (κ3) is 3.41. The lowest BCUT2D eigenvalue weighted by molar-refractivity contribution is -0.140. The molecule has 3 heterocycles. The number of likely N-dealkylation sites (tertiary alicyclic amines) is 1. The summed E-state index contributed by atoms with van der Waals surface area (Å²) in [5.41, 5.74) is 1.89. The molecular formula is C26H19N3O3. The zero-order valence-electron chi connectivity index (χ0n) is 17.1. The van der Waals surface area contributed by atoms with Crippen LogP contribution in [0.1, 0.15) is 22.9 Å². The molecule has 1 saturated heterocycles. The van der Waals surface area contributed by atoms with E-state index in [1.54, 1.807) is 48.9 Å². The molecule has 0 spiro atoms. The highest BCUT2D eigenvalue weighted by atomic mass is 16.3. The summed E-state index contributed by atoms with van der Waals surface area (Å²) >= 11 is 0. The number of aliphatic hydroxyl groups excluding tert-OH is 1. The molecule has 0 saturated carbocycles. The number of amides is 1. The SMILES string of the molecule is O=C1C(=O)N(Cc2ccccn2)C(c2ccncc2)/C1=C(/O)c1ccc2ccccc2c1. The van der Waals surface area contributed by atoms with E-state index >= 15 is 0 Å². The largest absolute Gasteiger partial charge is 0.507 e. The first-order valence-corrected chi connectivity index (χ1v) is 10.2. The molecule has 2 aromatic heterocycles. The molecule has 1 amide bonds. The molecule has 0 aliphatic carbocycles. The highest BCUT2D eigenvalue weighted by Gasteiger charge is 2.46. The highest BCUT2D eigenvalue weighted by molar-refractivity contribution is 6.46. The monoisotopic (exact) mass is 421 g/mol. The number of aromatic nitrogens is 2. The molecule has 1 N–H and O–H groups in total. The molecule has 1 fully saturated rings. The van der Waals surface area contributed by atoms with Crippen molar-refractivity contribution < 1.29 is 14.7 Å². The van der Waals surface area contributed by atoms with E-state index < -0.39 is 17.7 Å². The molecule has 6 heteroatoms. The molecule has 1 unspecified atom stereocenters. The number of carbonyl (C=O) groups excluding carboxylic acids is 2. The third-order valence-electron chi connectivity index (χ3n) is 5.64. The predicted octanol–water partition coefficient (Wildman–Crippen LogP) is 4.25. The number of aliphatic hydroxyl groups is 1. The summed E-state index contributed by atoms with van der Waals surface area (Å²) in [5, 5.41) is 13.2. The lowest BCUT2D eigenvalue weighted by atomic mass is 9.95. The van der Waals surface area contributed by atoms with Gasteiger partial charge < -0.3 is 10.0 Å². The van der Waals surface area contributed by atoms with E-state index in [0.29, 0.717) is 16.8 Å². The number of fused-ring (bicyclic) bond motifs is 1.